The standard InChI is InChI=1S/C18H19N3O2/c1-3-10-23-16-7-5-4-6-14(16)20-18(22)15-12-21-9-8-13(2)11-17(21)19-15/h4-9,11-12H,3,10H2,1-2H3,(H,20,22). The summed E-state index contributed by atoms with van der Waals surface area (Å²) >= 11 is 0. The molecule has 5 heteroatoms. The van der Waals surface area contributed by atoms with Gasteiger partial charge in [-0.1, -0.05) is 19.1 Å². The number of aryl methyl sites for hydroxylation is 1. The van der Waals surface area contributed by atoms with Crippen molar-refractivity contribution in [2.75, 3.05) is 11.9 Å². The molecule has 3 rings (SSSR count). The zero-order chi connectivity index (χ0) is 16.2. The largest absolute Gasteiger partial charge is 0.491 e. The number of fused-ring (bicyclic) bond motifs is 1. The normalized spacial score (nSPS) is 10.7. The van der Waals surface area contributed by atoms with E-state index in [4.69, 9.17) is 4.74 Å². The van der Waals surface area contributed by atoms with Crippen molar-refractivity contribution in [3.63, 3.8) is 0 Å². The Morgan fingerprint density at radius 1 is 1.30 bits per heavy atom. The Morgan fingerprint density at radius 3 is 2.96 bits per heavy atom. The number of anilines is 1. The molecule has 2 aromatic heterocycles. The van der Waals surface area contributed by atoms with Gasteiger partial charge in [0, 0.05) is 12.4 Å². The molecule has 0 aliphatic rings. The molecule has 0 aliphatic carbocycles. The molecule has 1 N–H and O–H groups in total. The number of rotatable bonds is 5. The number of nitrogens with zero attached hydrogens (tertiary/aromatic N) is 2. The molecule has 2 heterocycles. The third-order valence-electron chi connectivity index (χ3n) is 3.45. The lowest BCUT2D eigenvalue weighted by Gasteiger charge is -2.11. The van der Waals surface area contributed by atoms with Gasteiger partial charge >= 0.3 is 0 Å². The highest BCUT2D eigenvalue weighted by Gasteiger charge is 2.13. The van der Waals surface area contributed by atoms with Crippen LogP contribution in [0.4, 0.5) is 5.69 Å². The Bertz CT molecular complexity index is 839. The molecule has 3 aromatic rings. The van der Waals surface area contributed by atoms with E-state index >= 15 is 0 Å². The number of benzene rings is 1. The fourth-order valence-corrected chi connectivity index (χ4v) is 2.29. The number of hydrogen-bond acceptors (Lipinski definition) is 3. The second kappa shape index (κ2) is 6.52. The molecule has 0 aliphatic heterocycles. The lowest BCUT2D eigenvalue weighted by atomic mass is 10.3. The van der Waals surface area contributed by atoms with Gasteiger partial charge in [0.05, 0.1) is 12.3 Å². The smallest absolute Gasteiger partial charge is 0.275 e. The van der Waals surface area contributed by atoms with Crippen molar-refractivity contribution in [2.45, 2.75) is 20.3 Å². The maximum atomic E-state index is 12.5. The number of ether oxygens (including phenoxy) is 1. The van der Waals surface area contributed by atoms with Gasteiger partial charge in [0.1, 0.15) is 17.1 Å². The van der Waals surface area contributed by atoms with Crippen molar-refractivity contribution in [3.8, 4) is 5.75 Å². The average Bonchev–Trinajstić information content (AvgIpc) is 2.97. The van der Waals surface area contributed by atoms with Crippen molar-refractivity contribution in [1.82, 2.24) is 9.38 Å². The van der Waals surface area contributed by atoms with Crippen molar-refractivity contribution < 1.29 is 9.53 Å². The van der Waals surface area contributed by atoms with Crippen LogP contribution in [0.1, 0.15) is 29.4 Å². The van der Waals surface area contributed by atoms with E-state index in [1.807, 2.05) is 60.8 Å². The number of carbonyl (C=O) groups excluding carboxylic acids is 1. The van der Waals surface area contributed by atoms with Gasteiger partial charge in [0.25, 0.3) is 5.91 Å². The second-order valence-corrected chi connectivity index (χ2v) is 5.39. The monoisotopic (exact) mass is 309 g/mol. The van der Waals surface area contributed by atoms with Gasteiger partial charge in [-0.25, -0.2) is 4.98 Å². The van der Waals surface area contributed by atoms with E-state index in [1.165, 1.54) is 0 Å². The highest BCUT2D eigenvalue weighted by Crippen LogP contribution is 2.24. The van der Waals surface area contributed by atoms with Crippen molar-refractivity contribution in [2.24, 2.45) is 0 Å². The Kier molecular flexibility index (Phi) is 4.28. The van der Waals surface area contributed by atoms with Crippen LogP contribution >= 0.6 is 0 Å². The summed E-state index contributed by atoms with van der Waals surface area (Å²) in [5.74, 6) is 0.418. The summed E-state index contributed by atoms with van der Waals surface area (Å²) < 4.78 is 7.49. The summed E-state index contributed by atoms with van der Waals surface area (Å²) in [5, 5.41) is 2.87. The topological polar surface area (TPSA) is 55.6 Å². The number of hydrogen-bond donors (Lipinski definition) is 1. The Hall–Kier alpha value is -2.82. The van der Waals surface area contributed by atoms with Gasteiger partial charge in [-0.15, -0.1) is 0 Å². The molecular weight excluding hydrogens is 290 g/mol. The molecule has 5 nitrogen and oxygen atoms in total. The van der Waals surface area contributed by atoms with Crippen molar-refractivity contribution >= 4 is 17.2 Å². The van der Waals surface area contributed by atoms with Crippen LogP contribution in [0.2, 0.25) is 0 Å². The summed E-state index contributed by atoms with van der Waals surface area (Å²) in [4.78, 5) is 16.8. The molecule has 118 valence electrons. The fourth-order valence-electron chi connectivity index (χ4n) is 2.29. The zero-order valence-electron chi connectivity index (χ0n) is 13.2. The van der Waals surface area contributed by atoms with E-state index in [0.29, 0.717) is 23.7 Å². The van der Waals surface area contributed by atoms with E-state index < -0.39 is 0 Å². The zero-order valence-corrected chi connectivity index (χ0v) is 13.2. The first-order chi connectivity index (χ1) is 11.2. The average molecular weight is 309 g/mol. The van der Waals surface area contributed by atoms with E-state index in [1.54, 1.807) is 6.20 Å². The summed E-state index contributed by atoms with van der Waals surface area (Å²) in [6, 6.07) is 11.3. The number of nitrogens with one attached hydrogen (secondary N) is 1. The Morgan fingerprint density at radius 2 is 2.13 bits per heavy atom. The Balaban J connectivity index is 1.83. The lowest BCUT2D eigenvalue weighted by molar-refractivity contribution is 0.102. The number of imidazole rings is 1. The van der Waals surface area contributed by atoms with Crippen LogP contribution in [-0.4, -0.2) is 21.9 Å². The molecule has 23 heavy (non-hydrogen) atoms. The van der Waals surface area contributed by atoms with Crippen LogP contribution in [0.15, 0.2) is 48.8 Å². The SMILES string of the molecule is CCCOc1ccccc1NC(=O)c1cn2ccc(C)cc2n1. The molecule has 0 bridgehead atoms. The van der Waals surface area contributed by atoms with Gasteiger partial charge in [-0.05, 0) is 43.2 Å². The number of carbonyl (C=O) groups is 1. The quantitative estimate of drug-likeness (QED) is 0.782. The van der Waals surface area contributed by atoms with Gasteiger partial charge in [-0.2, -0.15) is 0 Å². The third kappa shape index (κ3) is 3.34. The molecule has 0 unspecified atom stereocenters. The summed E-state index contributed by atoms with van der Waals surface area (Å²) in [7, 11) is 0. The highest BCUT2D eigenvalue weighted by molar-refractivity contribution is 6.04. The number of para-hydroxylation sites is 2. The Labute approximate surface area is 134 Å². The maximum absolute atomic E-state index is 12.5. The predicted octanol–water partition coefficient (Wildman–Crippen LogP) is 3.68. The first kappa shape index (κ1) is 15.1. The van der Waals surface area contributed by atoms with Gasteiger partial charge in [0.2, 0.25) is 0 Å². The summed E-state index contributed by atoms with van der Waals surface area (Å²) in [6.45, 7) is 4.65. The van der Waals surface area contributed by atoms with Crippen LogP contribution < -0.4 is 10.1 Å². The predicted molar refractivity (Wildman–Crippen MR) is 90.1 cm³/mol. The van der Waals surface area contributed by atoms with E-state index in [9.17, 15) is 4.79 Å². The highest BCUT2D eigenvalue weighted by atomic mass is 16.5. The molecule has 1 amide bonds. The minimum Gasteiger partial charge on any atom is -0.491 e. The minimum atomic E-state index is -0.251. The molecule has 0 atom stereocenters. The van der Waals surface area contributed by atoms with Crippen LogP contribution in [-0.2, 0) is 0 Å². The molecular formula is C18H19N3O2. The maximum Gasteiger partial charge on any atom is 0.275 e. The lowest BCUT2D eigenvalue weighted by Crippen LogP contribution is -2.13. The van der Waals surface area contributed by atoms with Gasteiger partial charge in [0.15, 0.2) is 0 Å². The summed E-state index contributed by atoms with van der Waals surface area (Å²) in [6.07, 6.45) is 4.53. The molecule has 0 fully saturated rings. The van der Waals surface area contributed by atoms with Crippen LogP contribution in [0, 0.1) is 6.92 Å². The summed E-state index contributed by atoms with van der Waals surface area (Å²) in [5.41, 5.74) is 2.89. The van der Waals surface area contributed by atoms with Gasteiger partial charge in [-0.3, -0.25) is 4.79 Å². The van der Waals surface area contributed by atoms with Crippen molar-refractivity contribution in [3.05, 3.63) is 60.0 Å². The van der Waals surface area contributed by atoms with Crippen LogP contribution in [0.3, 0.4) is 0 Å². The van der Waals surface area contributed by atoms with Crippen LogP contribution in [0.25, 0.3) is 5.65 Å². The molecule has 0 radical (unpaired) electrons. The van der Waals surface area contributed by atoms with E-state index in [-0.39, 0.29) is 5.91 Å². The number of amides is 1. The van der Waals surface area contributed by atoms with Crippen molar-refractivity contribution in [1.29, 1.82) is 0 Å². The van der Waals surface area contributed by atoms with Gasteiger partial charge < -0.3 is 14.5 Å². The molecule has 1 aromatic carbocycles. The third-order valence-corrected chi connectivity index (χ3v) is 3.45. The number of pyridine rings is 1. The second-order valence-electron chi connectivity index (χ2n) is 5.39. The fraction of sp³-hybridized carbons (Fsp3) is 0.222. The first-order valence-electron chi connectivity index (χ1n) is 7.66. The van der Waals surface area contributed by atoms with E-state index in [0.717, 1.165) is 17.6 Å². The van der Waals surface area contributed by atoms with Crippen LogP contribution in [0.5, 0.6) is 5.75 Å². The molecule has 0 saturated carbocycles. The molecule has 0 saturated heterocycles. The first-order valence-corrected chi connectivity index (χ1v) is 7.66. The van der Waals surface area contributed by atoms with E-state index in [2.05, 4.69) is 10.3 Å². The molecule has 0 spiro atoms. The minimum absolute atomic E-state index is 0.251. The number of aromatic nitrogens is 2.